The summed E-state index contributed by atoms with van der Waals surface area (Å²) in [6.07, 6.45) is 1.83. The Balaban J connectivity index is 2.34. The van der Waals surface area contributed by atoms with E-state index in [1.54, 1.807) is 18.4 Å². The fourth-order valence-electron chi connectivity index (χ4n) is 1.13. The molecular formula is C9H15ClN2OS. The van der Waals surface area contributed by atoms with Gasteiger partial charge in [0.25, 0.3) is 0 Å². The van der Waals surface area contributed by atoms with Gasteiger partial charge in [-0.3, -0.25) is 4.90 Å². The molecule has 0 radical (unpaired) electrons. The number of alkyl halides is 1. The SMILES string of the molecule is COCCN(CCCl)Cc1nccs1. The maximum Gasteiger partial charge on any atom is 0.107 e. The minimum absolute atomic E-state index is 0.648. The average Bonchev–Trinajstić information content (AvgIpc) is 2.67. The summed E-state index contributed by atoms with van der Waals surface area (Å²) in [5, 5.41) is 3.12. The van der Waals surface area contributed by atoms with E-state index in [9.17, 15) is 0 Å². The smallest absolute Gasteiger partial charge is 0.107 e. The Hall–Kier alpha value is -0.160. The van der Waals surface area contributed by atoms with Gasteiger partial charge in [-0.2, -0.15) is 0 Å². The Bertz CT molecular complexity index is 231. The number of hydrogen-bond donors (Lipinski definition) is 0. The molecular weight excluding hydrogens is 220 g/mol. The fraction of sp³-hybridized carbons (Fsp3) is 0.667. The van der Waals surface area contributed by atoms with E-state index < -0.39 is 0 Å². The zero-order valence-corrected chi connectivity index (χ0v) is 9.85. The molecule has 0 fully saturated rings. The van der Waals surface area contributed by atoms with Crippen LogP contribution in [0.2, 0.25) is 0 Å². The van der Waals surface area contributed by atoms with Gasteiger partial charge in [0, 0.05) is 37.7 Å². The monoisotopic (exact) mass is 234 g/mol. The van der Waals surface area contributed by atoms with Gasteiger partial charge in [-0.15, -0.1) is 22.9 Å². The van der Waals surface area contributed by atoms with E-state index in [2.05, 4.69) is 9.88 Å². The third-order valence-corrected chi connectivity index (χ3v) is 2.79. The Morgan fingerprint density at radius 3 is 3.00 bits per heavy atom. The molecule has 0 saturated carbocycles. The average molecular weight is 235 g/mol. The number of nitrogens with zero attached hydrogens (tertiary/aromatic N) is 2. The number of thiazole rings is 1. The predicted octanol–water partition coefficient (Wildman–Crippen LogP) is 1.83. The number of rotatable bonds is 7. The lowest BCUT2D eigenvalue weighted by atomic mass is 10.4. The van der Waals surface area contributed by atoms with Crippen LogP contribution in [0.25, 0.3) is 0 Å². The van der Waals surface area contributed by atoms with Gasteiger partial charge >= 0.3 is 0 Å². The number of ether oxygens (including phenoxy) is 1. The summed E-state index contributed by atoms with van der Waals surface area (Å²) in [6, 6.07) is 0. The van der Waals surface area contributed by atoms with Gasteiger partial charge in [-0.1, -0.05) is 0 Å². The van der Waals surface area contributed by atoms with E-state index >= 15 is 0 Å². The Kier molecular flexibility index (Phi) is 6.10. The van der Waals surface area contributed by atoms with E-state index in [4.69, 9.17) is 16.3 Å². The van der Waals surface area contributed by atoms with Crippen molar-refractivity contribution in [2.45, 2.75) is 6.54 Å². The van der Waals surface area contributed by atoms with Crippen LogP contribution in [0.15, 0.2) is 11.6 Å². The lowest BCUT2D eigenvalue weighted by molar-refractivity contribution is 0.148. The molecule has 0 aliphatic carbocycles. The molecule has 0 saturated heterocycles. The Labute approximate surface area is 93.7 Å². The van der Waals surface area contributed by atoms with Crippen molar-refractivity contribution in [2.24, 2.45) is 0 Å². The number of halogens is 1. The second-order valence-electron chi connectivity index (χ2n) is 2.88. The van der Waals surface area contributed by atoms with E-state index in [1.807, 2.05) is 11.6 Å². The number of methoxy groups -OCH3 is 1. The third-order valence-electron chi connectivity index (χ3n) is 1.85. The van der Waals surface area contributed by atoms with Crippen molar-refractivity contribution in [1.29, 1.82) is 0 Å². The first-order valence-electron chi connectivity index (χ1n) is 4.52. The highest BCUT2D eigenvalue weighted by atomic mass is 35.5. The molecule has 80 valence electrons. The first-order valence-corrected chi connectivity index (χ1v) is 5.94. The molecule has 1 aromatic heterocycles. The van der Waals surface area contributed by atoms with Crippen molar-refractivity contribution in [3.8, 4) is 0 Å². The summed E-state index contributed by atoms with van der Waals surface area (Å²) < 4.78 is 5.04. The first kappa shape index (κ1) is 11.9. The van der Waals surface area contributed by atoms with Gasteiger partial charge in [0.15, 0.2) is 0 Å². The molecule has 5 heteroatoms. The molecule has 0 spiro atoms. The van der Waals surface area contributed by atoms with Crippen molar-refractivity contribution in [2.75, 3.05) is 32.7 Å². The zero-order valence-electron chi connectivity index (χ0n) is 8.28. The van der Waals surface area contributed by atoms with Crippen LogP contribution in [0.5, 0.6) is 0 Å². The molecule has 0 bridgehead atoms. The van der Waals surface area contributed by atoms with Crippen LogP contribution in [0.3, 0.4) is 0 Å². The van der Waals surface area contributed by atoms with E-state index in [0.717, 1.165) is 31.2 Å². The molecule has 0 N–H and O–H groups in total. The first-order chi connectivity index (χ1) is 6.86. The summed E-state index contributed by atoms with van der Waals surface area (Å²) in [7, 11) is 1.71. The highest BCUT2D eigenvalue weighted by Gasteiger charge is 2.06. The predicted molar refractivity (Wildman–Crippen MR) is 60.0 cm³/mol. The lowest BCUT2D eigenvalue weighted by Gasteiger charge is -2.19. The van der Waals surface area contributed by atoms with Crippen LogP contribution >= 0.6 is 22.9 Å². The summed E-state index contributed by atoms with van der Waals surface area (Å²) in [4.78, 5) is 6.48. The molecule has 0 aliphatic heterocycles. The molecule has 1 aromatic rings. The second-order valence-corrected chi connectivity index (χ2v) is 4.24. The van der Waals surface area contributed by atoms with Crippen LogP contribution in [-0.2, 0) is 11.3 Å². The van der Waals surface area contributed by atoms with Crippen molar-refractivity contribution < 1.29 is 4.74 Å². The highest BCUT2D eigenvalue weighted by molar-refractivity contribution is 7.09. The molecule has 1 rings (SSSR count). The third kappa shape index (κ3) is 4.37. The molecule has 0 aliphatic rings. The summed E-state index contributed by atoms with van der Waals surface area (Å²) in [5.41, 5.74) is 0. The molecule has 14 heavy (non-hydrogen) atoms. The van der Waals surface area contributed by atoms with Gasteiger partial charge in [0.1, 0.15) is 5.01 Å². The Morgan fingerprint density at radius 1 is 1.57 bits per heavy atom. The minimum Gasteiger partial charge on any atom is -0.383 e. The number of hydrogen-bond acceptors (Lipinski definition) is 4. The van der Waals surface area contributed by atoms with Crippen molar-refractivity contribution in [3.05, 3.63) is 16.6 Å². The van der Waals surface area contributed by atoms with Gasteiger partial charge < -0.3 is 4.74 Å². The van der Waals surface area contributed by atoms with Gasteiger partial charge in [0.2, 0.25) is 0 Å². The maximum absolute atomic E-state index is 5.72. The van der Waals surface area contributed by atoms with E-state index in [-0.39, 0.29) is 0 Å². The summed E-state index contributed by atoms with van der Waals surface area (Å²) in [5.74, 6) is 0.648. The molecule has 0 unspecified atom stereocenters. The minimum atomic E-state index is 0.648. The quantitative estimate of drug-likeness (QED) is 0.674. The highest BCUT2D eigenvalue weighted by Crippen LogP contribution is 2.07. The van der Waals surface area contributed by atoms with Crippen LogP contribution in [0.4, 0.5) is 0 Å². The largest absolute Gasteiger partial charge is 0.383 e. The second kappa shape index (κ2) is 7.17. The van der Waals surface area contributed by atoms with Gasteiger partial charge in [0.05, 0.1) is 13.2 Å². The summed E-state index contributed by atoms with van der Waals surface area (Å²) >= 11 is 7.39. The molecule has 0 atom stereocenters. The van der Waals surface area contributed by atoms with Gasteiger partial charge in [-0.05, 0) is 0 Å². The van der Waals surface area contributed by atoms with E-state index in [0.29, 0.717) is 5.88 Å². The van der Waals surface area contributed by atoms with Crippen LogP contribution in [0.1, 0.15) is 5.01 Å². The lowest BCUT2D eigenvalue weighted by Crippen LogP contribution is -2.28. The molecule has 0 aromatic carbocycles. The normalized spacial score (nSPS) is 11.1. The molecule has 0 amide bonds. The zero-order chi connectivity index (χ0) is 10.2. The molecule has 3 nitrogen and oxygen atoms in total. The molecule has 1 heterocycles. The van der Waals surface area contributed by atoms with Crippen molar-refractivity contribution in [3.63, 3.8) is 0 Å². The van der Waals surface area contributed by atoms with E-state index in [1.165, 1.54) is 0 Å². The van der Waals surface area contributed by atoms with Gasteiger partial charge in [-0.25, -0.2) is 4.98 Å². The fourth-order valence-corrected chi connectivity index (χ4v) is 2.03. The topological polar surface area (TPSA) is 25.4 Å². The maximum atomic E-state index is 5.72. The van der Waals surface area contributed by atoms with Crippen LogP contribution in [-0.4, -0.2) is 42.6 Å². The van der Waals surface area contributed by atoms with Crippen molar-refractivity contribution in [1.82, 2.24) is 9.88 Å². The standard InChI is InChI=1S/C9H15ClN2OS/c1-13-6-5-12(4-2-10)8-9-11-3-7-14-9/h3,7H,2,4-6,8H2,1H3. The Morgan fingerprint density at radius 2 is 2.43 bits per heavy atom. The van der Waals surface area contributed by atoms with Crippen LogP contribution in [0, 0.1) is 0 Å². The summed E-state index contributed by atoms with van der Waals surface area (Å²) in [6.45, 7) is 3.39. The number of aromatic nitrogens is 1. The van der Waals surface area contributed by atoms with Crippen LogP contribution < -0.4 is 0 Å². The van der Waals surface area contributed by atoms with Crippen molar-refractivity contribution >= 4 is 22.9 Å².